The fraction of sp³-hybridized carbons (Fsp3) is 0.938. The summed E-state index contributed by atoms with van der Waals surface area (Å²) in [5, 5.41) is 31.8. The number of rotatable bonds is 10. The number of carbonyl (C=O) groups excluding carboxylic acids is 1. The summed E-state index contributed by atoms with van der Waals surface area (Å²) in [7, 11) is 0. The highest BCUT2D eigenvalue weighted by molar-refractivity contribution is 5.73. The van der Waals surface area contributed by atoms with Crippen LogP contribution in [0.3, 0.4) is 0 Å². The minimum absolute atomic E-state index is 0.347. The molecule has 0 aromatic rings. The molecular formula is C16H31NO6. The standard InChI is InChI=1S/C16H31NO6/c1-3-4-5-6-7-8-9-22-16-13(17-11(2)19)15(21)14(20)12(10-18)23-16/h12-16,18,20-21H,3-10H2,1-2H3,(H,17,19)/t12-,13-,14-,15-,16-/m1/s1. The van der Waals surface area contributed by atoms with Crippen molar-refractivity contribution in [3.8, 4) is 0 Å². The highest BCUT2D eigenvalue weighted by Gasteiger charge is 2.45. The van der Waals surface area contributed by atoms with Gasteiger partial charge in [-0.2, -0.15) is 0 Å². The smallest absolute Gasteiger partial charge is 0.217 e. The zero-order chi connectivity index (χ0) is 17.2. The molecule has 1 saturated heterocycles. The molecule has 0 unspecified atom stereocenters. The second-order valence-electron chi connectivity index (χ2n) is 6.07. The first-order valence-corrected chi connectivity index (χ1v) is 8.52. The van der Waals surface area contributed by atoms with Gasteiger partial charge in [0.05, 0.1) is 6.61 Å². The number of unbranched alkanes of at least 4 members (excludes halogenated alkanes) is 5. The summed E-state index contributed by atoms with van der Waals surface area (Å²) in [6.07, 6.45) is 2.37. The van der Waals surface area contributed by atoms with E-state index in [-0.39, 0.29) is 5.91 Å². The molecule has 7 heteroatoms. The molecule has 1 heterocycles. The van der Waals surface area contributed by atoms with Gasteiger partial charge in [-0.1, -0.05) is 39.0 Å². The van der Waals surface area contributed by atoms with Crippen molar-refractivity contribution < 1.29 is 29.6 Å². The quantitative estimate of drug-likeness (QED) is 0.429. The average molecular weight is 333 g/mol. The third-order valence-corrected chi connectivity index (χ3v) is 4.03. The normalized spacial score (nSPS) is 31.1. The Morgan fingerprint density at radius 2 is 1.78 bits per heavy atom. The lowest BCUT2D eigenvalue weighted by atomic mass is 9.97. The van der Waals surface area contributed by atoms with Crippen LogP contribution in [0.4, 0.5) is 0 Å². The lowest BCUT2D eigenvalue weighted by molar-refractivity contribution is -0.270. The maximum absolute atomic E-state index is 11.3. The van der Waals surface area contributed by atoms with Crippen LogP contribution in [0.5, 0.6) is 0 Å². The third kappa shape index (κ3) is 6.73. The van der Waals surface area contributed by atoms with Gasteiger partial charge < -0.3 is 30.1 Å². The molecule has 0 aromatic carbocycles. The molecule has 0 aromatic heterocycles. The van der Waals surface area contributed by atoms with Crippen LogP contribution in [0.25, 0.3) is 0 Å². The molecule has 0 saturated carbocycles. The Bertz CT molecular complexity index is 341. The number of hydrogen-bond acceptors (Lipinski definition) is 6. The predicted octanol–water partition coefficient (Wildman–Crippen LogP) is 0.307. The highest BCUT2D eigenvalue weighted by Crippen LogP contribution is 2.22. The Morgan fingerprint density at radius 1 is 1.13 bits per heavy atom. The number of carbonyl (C=O) groups is 1. The van der Waals surface area contributed by atoms with Gasteiger partial charge in [-0.3, -0.25) is 4.79 Å². The molecule has 1 fully saturated rings. The van der Waals surface area contributed by atoms with Crippen molar-refractivity contribution in [2.45, 2.75) is 83.0 Å². The Morgan fingerprint density at radius 3 is 2.39 bits per heavy atom. The van der Waals surface area contributed by atoms with Crippen LogP contribution in [-0.4, -0.2) is 65.1 Å². The van der Waals surface area contributed by atoms with Crippen LogP contribution in [0.2, 0.25) is 0 Å². The van der Waals surface area contributed by atoms with Gasteiger partial charge in [-0.25, -0.2) is 0 Å². The minimum Gasteiger partial charge on any atom is -0.394 e. The largest absolute Gasteiger partial charge is 0.394 e. The van der Waals surface area contributed by atoms with Gasteiger partial charge in [0.1, 0.15) is 24.4 Å². The number of ether oxygens (including phenoxy) is 2. The van der Waals surface area contributed by atoms with E-state index >= 15 is 0 Å². The Labute approximate surface area is 138 Å². The van der Waals surface area contributed by atoms with Crippen molar-refractivity contribution >= 4 is 5.91 Å². The molecular weight excluding hydrogens is 302 g/mol. The second kappa shape index (κ2) is 10.9. The lowest BCUT2D eigenvalue weighted by Gasteiger charge is -2.42. The van der Waals surface area contributed by atoms with Crippen LogP contribution in [0.15, 0.2) is 0 Å². The van der Waals surface area contributed by atoms with E-state index in [9.17, 15) is 20.1 Å². The molecule has 7 nitrogen and oxygen atoms in total. The molecule has 0 spiro atoms. The van der Waals surface area contributed by atoms with E-state index in [0.717, 1.165) is 19.3 Å². The van der Waals surface area contributed by atoms with Crippen molar-refractivity contribution in [1.82, 2.24) is 5.32 Å². The van der Waals surface area contributed by atoms with Gasteiger partial charge in [-0.05, 0) is 6.42 Å². The summed E-state index contributed by atoms with van der Waals surface area (Å²) < 4.78 is 11.1. The molecule has 0 radical (unpaired) electrons. The molecule has 23 heavy (non-hydrogen) atoms. The molecule has 1 amide bonds. The second-order valence-corrected chi connectivity index (χ2v) is 6.07. The van der Waals surface area contributed by atoms with Crippen LogP contribution in [-0.2, 0) is 14.3 Å². The summed E-state index contributed by atoms with van der Waals surface area (Å²) in [5.74, 6) is -0.347. The summed E-state index contributed by atoms with van der Waals surface area (Å²) in [5.41, 5.74) is 0. The van der Waals surface area contributed by atoms with Crippen LogP contribution in [0.1, 0.15) is 52.4 Å². The fourth-order valence-electron chi connectivity index (χ4n) is 2.69. The monoisotopic (exact) mass is 333 g/mol. The van der Waals surface area contributed by atoms with Gasteiger partial charge >= 0.3 is 0 Å². The zero-order valence-electron chi connectivity index (χ0n) is 14.1. The van der Waals surface area contributed by atoms with Gasteiger partial charge in [0.2, 0.25) is 5.91 Å². The van der Waals surface area contributed by atoms with Crippen molar-refractivity contribution in [1.29, 1.82) is 0 Å². The van der Waals surface area contributed by atoms with Crippen LogP contribution >= 0.6 is 0 Å². The number of aliphatic hydroxyl groups excluding tert-OH is 3. The number of hydrogen-bond donors (Lipinski definition) is 4. The summed E-state index contributed by atoms with van der Waals surface area (Å²) in [6.45, 7) is 3.50. The molecule has 5 atom stereocenters. The lowest BCUT2D eigenvalue weighted by Crippen LogP contribution is -2.64. The molecule has 1 aliphatic heterocycles. The molecule has 1 rings (SSSR count). The van der Waals surface area contributed by atoms with E-state index in [0.29, 0.717) is 6.61 Å². The first kappa shape index (κ1) is 20.3. The SMILES string of the molecule is CCCCCCCCO[C@@H]1O[C@H](CO)[C@@H](O)[C@H](O)[C@H]1NC(C)=O. The maximum atomic E-state index is 11.3. The third-order valence-electron chi connectivity index (χ3n) is 4.03. The highest BCUT2D eigenvalue weighted by atomic mass is 16.7. The van der Waals surface area contributed by atoms with Crippen LogP contribution < -0.4 is 5.32 Å². The van der Waals surface area contributed by atoms with Crippen LogP contribution in [0, 0.1) is 0 Å². The van der Waals surface area contributed by atoms with E-state index in [1.54, 1.807) is 0 Å². The Hall–Kier alpha value is -0.730. The molecule has 4 N–H and O–H groups in total. The predicted molar refractivity (Wildman–Crippen MR) is 84.7 cm³/mol. The zero-order valence-corrected chi connectivity index (χ0v) is 14.1. The van der Waals surface area contributed by atoms with Gasteiger partial charge in [0, 0.05) is 13.5 Å². The summed E-state index contributed by atoms with van der Waals surface area (Å²) >= 11 is 0. The average Bonchev–Trinajstić information content (AvgIpc) is 2.52. The first-order valence-electron chi connectivity index (χ1n) is 8.52. The molecule has 0 aliphatic carbocycles. The van der Waals surface area contributed by atoms with Gasteiger partial charge in [0.15, 0.2) is 6.29 Å². The van der Waals surface area contributed by atoms with Crippen molar-refractivity contribution in [2.24, 2.45) is 0 Å². The summed E-state index contributed by atoms with van der Waals surface area (Å²) in [4.78, 5) is 11.3. The topological polar surface area (TPSA) is 108 Å². The van der Waals surface area contributed by atoms with E-state index in [2.05, 4.69) is 12.2 Å². The number of nitrogens with one attached hydrogen (secondary N) is 1. The molecule has 136 valence electrons. The summed E-state index contributed by atoms with van der Waals surface area (Å²) in [6, 6.07) is -0.856. The van der Waals surface area contributed by atoms with E-state index < -0.39 is 37.3 Å². The van der Waals surface area contributed by atoms with Gasteiger partial charge in [0.25, 0.3) is 0 Å². The first-order chi connectivity index (χ1) is 11.0. The van der Waals surface area contributed by atoms with Crippen molar-refractivity contribution in [2.75, 3.05) is 13.2 Å². The maximum Gasteiger partial charge on any atom is 0.217 e. The number of amides is 1. The van der Waals surface area contributed by atoms with E-state index in [4.69, 9.17) is 9.47 Å². The minimum atomic E-state index is -1.27. The number of aliphatic hydroxyl groups is 3. The van der Waals surface area contributed by atoms with Gasteiger partial charge in [-0.15, -0.1) is 0 Å². The van der Waals surface area contributed by atoms with Crippen molar-refractivity contribution in [3.05, 3.63) is 0 Å². The Balaban J connectivity index is 2.45. The Kier molecular flexibility index (Phi) is 9.66. The molecule has 1 aliphatic rings. The van der Waals surface area contributed by atoms with Crippen molar-refractivity contribution in [3.63, 3.8) is 0 Å². The fourth-order valence-corrected chi connectivity index (χ4v) is 2.69. The molecule has 0 bridgehead atoms. The van der Waals surface area contributed by atoms with E-state index in [1.807, 2.05) is 0 Å². The van der Waals surface area contributed by atoms with E-state index in [1.165, 1.54) is 26.2 Å².